The largest absolute Gasteiger partial charge is 0.376 e. The van der Waals surface area contributed by atoms with Gasteiger partial charge in [-0.2, -0.15) is 0 Å². The maximum atomic E-state index is 13.6. The number of rotatable bonds is 6. The maximum absolute atomic E-state index is 13.6. The van der Waals surface area contributed by atoms with Crippen LogP contribution in [0.5, 0.6) is 0 Å². The summed E-state index contributed by atoms with van der Waals surface area (Å²) in [6.07, 6.45) is 1.62. The second kappa shape index (κ2) is 7.27. The molecule has 3 rings (SSSR count). The van der Waals surface area contributed by atoms with Crippen LogP contribution >= 0.6 is 0 Å². The summed E-state index contributed by atoms with van der Waals surface area (Å²) in [6, 6.07) is 13.5. The third-order valence-electron chi connectivity index (χ3n) is 4.03. The van der Waals surface area contributed by atoms with Gasteiger partial charge in [0.15, 0.2) is 0 Å². The Morgan fingerprint density at radius 1 is 1.24 bits per heavy atom. The molecular formula is C19H19FN4O. The summed E-state index contributed by atoms with van der Waals surface area (Å²) in [6.45, 7) is 0.600. The minimum Gasteiger partial charge on any atom is -0.376 e. The van der Waals surface area contributed by atoms with Gasteiger partial charge in [-0.1, -0.05) is 24.3 Å². The first-order chi connectivity index (χ1) is 12.1. The van der Waals surface area contributed by atoms with E-state index in [2.05, 4.69) is 15.6 Å². The number of likely N-dealkylation sites (N-methyl/N-ethyl adjacent to an activating group) is 1. The molecule has 128 valence electrons. The van der Waals surface area contributed by atoms with Crippen LogP contribution in [-0.2, 0) is 0 Å². The first kappa shape index (κ1) is 16.9. The summed E-state index contributed by atoms with van der Waals surface area (Å²) in [4.78, 5) is 15.9. The summed E-state index contributed by atoms with van der Waals surface area (Å²) >= 11 is 0. The topological polar surface area (TPSA) is 80.0 Å². The summed E-state index contributed by atoms with van der Waals surface area (Å²) in [5.74, 6) is -0.803. The third-order valence-corrected chi connectivity index (χ3v) is 4.03. The highest BCUT2D eigenvalue weighted by atomic mass is 19.1. The number of fused-ring (bicyclic) bond motifs is 1. The molecule has 0 aliphatic rings. The molecule has 6 heteroatoms. The van der Waals surface area contributed by atoms with Crippen molar-refractivity contribution in [2.45, 2.75) is 6.04 Å². The molecule has 1 aromatic heterocycles. The molecule has 5 nitrogen and oxygen atoms in total. The van der Waals surface area contributed by atoms with Crippen LogP contribution in [0.1, 0.15) is 22.0 Å². The SMILES string of the molecule is CNCC(Nc1ccnc2c(C(N)=O)cccc12)c1cccc(F)c1. The van der Waals surface area contributed by atoms with Crippen molar-refractivity contribution in [2.75, 3.05) is 18.9 Å². The average Bonchev–Trinajstić information content (AvgIpc) is 2.61. The van der Waals surface area contributed by atoms with E-state index in [0.29, 0.717) is 17.6 Å². The molecule has 2 aromatic carbocycles. The Morgan fingerprint density at radius 2 is 2.04 bits per heavy atom. The van der Waals surface area contributed by atoms with Crippen LogP contribution in [-0.4, -0.2) is 24.5 Å². The van der Waals surface area contributed by atoms with Crippen molar-refractivity contribution in [2.24, 2.45) is 5.73 Å². The van der Waals surface area contributed by atoms with Crippen molar-refractivity contribution in [3.05, 3.63) is 71.7 Å². The number of primary amides is 1. The highest BCUT2D eigenvalue weighted by Gasteiger charge is 2.15. The predicted octanol–water partition coefficient (Wildman–Crippen LogP) is 2.85. The highest BCUT2D eigenvalue weighted by Crippen LogP contribution is 2.27. The van der Waals surface area contributed by atoms with E-state index in [-0.39, 0.29) is 11.9 Å². The Hall–Kier alpha value is -2.99. The average molecular weight is 338 g/mol. The number of benzene rings is 2. The number of amides is 1. The van der Waals surface area contributed by atoms with Gasteiger partial charge in [0, 0.05) is 23.8 Å². The van der Waals surface area contributed by atoms with Crippen molar-refractivity contribution in [3.8, 4) is 0 Å². The van der Waals surface area contributed by atoms with Gasteiger partial charge in [-0.05, 0) is 36.9 Å². The number of hydrogen-bond acceptors (Lipinski definition) is 4. The molecule has 1 amide bonds. The first-order valence-electron chi connectivity index (χ1n) is 7.94. The second-order valence-electron chi connectivity index (χ2n) is 5.73. The monoisotopic (exact) mass is 338 g/mol. The zero-order chi connectivity index (χ0) is 17.8. The van der Waals surface area contributed by atoms with Gasteiger partial charge in [-0.25, -0.2) is 4.39 Å². The van der Waals surface area contributed by atoms with E-state index in [4.69, 9.17) is 5.73 Å². The van der Waals surface area contributed by atoms with Crippen LogP contribution in [0.25, 0.3) is 10.9 Å². The number of hydrogen-bond donors (Lipinski definition) is 3. The van der Waals surface area contributed by atoms with Crippen LogP contribution in [0.2, 0.25) is 0 Å². The molecule has 0 radical (unpaired) electrons. The van der Waals surface area contributed by atoms with E-state index in [9.17, 15) is 9.18 Å². The van der Waals surface area contributed by atoms with E-state index in [1.165, 1.54) is 12.1 Å². The molecule has 4 N–H and O–H groups in total. The van der Waals surface area contributed by atoms with Gasteiger partial charge in [-0.3, -0.25) is 9.78 Å². The van der Waals surface area contributed by atoms with Crippen LogP contribution in [0.15, 0.2) is 54.7 Å². The van der Waals surface area contributed by atoms with E-state index >= 15 is 0 Å². The molecule has 0 spiro atoms. The molecule has 0 aliphatic carbocycles. The molecule has 1 atom stereocenters. The molecule has 0 aliphatic heterocycles. The van der Waals surface area contributed by atoms with E-state index in [1.807, 2.05) is 25.2 Å². The zero-order valence-corrected chi connectivity index (χ0v) is 13.8. The van der Waals surface area contributed by atoms with Crippen LogP contribution in [0.4, 0.5) is 10.1 Å². The predicted molar refractivity (Wildman–Crippen MR) is 97.0 cm³/mol. The third kappa shape index (κ3) is 3.59. The number of nitrogens with zero attached hydrogens (tertiary/aromatic N) is 1. The Balaban J connectivity index is 2.03. The quantitative estimate of drug-likeness (QED) is 0.646. The van der Waals surface area contributed by atoms with Crippen molar-refractivity contribution in [3.63, 3.8) is 0 Å². The second-order valence-corrected chi connectivity index (χ2v) is 5.73. The van der Waals surface area contributed by atoms with Gasteiger partial charge in [0.2, 0.25) is 0 Å². The van der Waals surface area contributed by atoms with Gasteiger partial charge in [0.05, 0.1) is 17.1 Å². The zero-order valence-electron chi connectivity index (χ0n) is 13.8. The van der Waals surface area contributed by atoms with E-state index in [0.717, 1.165) is 16.6 Å². The van der Waals surface area contributed by atoms with E-state index < -0.39 is 5.91 Å². The number of nitrogens with two attached hydrogens (primary N) is 1. The van der Waals surface area contributed by atoms with Gasteiger partial charge < -0.3 is 16.4 Å². The first-order valence-corrected chi connectivity index (χ1v) is 7.94. The number of para-hydroxylation sites is 1. The summed E-state index contributed by atoms with van der Waals surface area (Å²) < 4.78 is 13.6. The lowest BCUT2D eigenvalue weighted by Gasteiger charge is -2.21. The Kier molecular flexibility index (Phi) is 4.90. The summed E-state index contributed by atoms with van der Waals surface area (Å²) in [5, 5.41) is 7.31. The van der Waals surface area contributed by atoms with Gasteiger partial charge in [-0.15, -0.1) is 0 Å². The van der Waals surface area contributed by atoms with Crippen LogP contribution in [0.3, 0.4) is 0 Å². The molecule has 3 aromatic rings. The summed E-state index contributed by atoms with van der Waals surface area (Å²) in [7, 11) is 1.84. The van der Waals surface area contributed by atoms with Gasteiger partial charge in [0.25, 0.3) is 5.91 Å². The molecule has 25 heavy (non-hydrogen) atoms. The molecule has 0 fully saturated rings. The number of pyridine rings is 1. The number of aromatic nitrogens is 1. The lowest BCUT2D eigenvalue weighted by Crippen LogP contribution is -2.24. The lowest BCUT2D eigenvalue weighted by molar-refractivity contribution is 0.100. The number of carbonyl (C=O) groups excluding carboxylic acids is 1. The number of nitrogens with one attached hydrogen (secondary N) is 2. The molecule has 0 saturated carbocycles. The van der Waals surface area contributed by atoms with Crippen LogP contribution < -0.4 is 16.4 Å². The Morgan fingerprint density at radius 3 is 2.76 bits per heavy atom. The number of carbonyl (C=O) groups is 1. The number of halogens is 1. The molecule has 0 saturated heterocycles. The fraction of sp³-hybridized carbons (Fsp3) is 0.158. The molecule has 1 heterocycles. The molecular weight excluding hydrogens is 319 g/mol. The highest BCUT2D eigenvalue weighted by molar-refractivity contribution is 6.07. The number of anilines is 1. The van der Waals surface area contributed by atoms with Crippen molar-refractivity contribution in [1.82, 2.24) is 10.3 Å². The minimum absolute atomic E-state index is 0.150. The molecule has 1 unspecified atom stereocenters. The smallest absolute Gasteiger partial charge is 0.250 e. The van der Waals surface area contributed by atoms with Crippen molar-refractivity contribution in [1.29, 1.82) is 0 Å². The van der Waals surface area contributed by atoms with Crippen LogP contribution in [0, 0.1) is 5.82 Å². The Bertz CT molecular complexity index is 913. The van der Waals surface area contributed by atoms with Gasteiger partial charge in [0.1, 0.15) is 5.82 Å². The maximum Gasteiger partial charge on any atom is 0.250 e. The fourth-order valence-electron chi connectivity index (χ4n) is 2.87. The summed E-state index contributed by atoms with van der Waals surface area (Å²) in [5.41, 5.74) is 7.98. The minimum atomic E-state index is -0.521. The molecule has 0 bridgehead atoms. The lowest BCUT2D eigenvalue weighted by atomic mass is 10.0. The standard InChI is InChI=1S/C19H19FN4O/c1-22-11-17(12-4-2-5-13(20)10-12)24-16-8-9-23-18-14(16)6-3-7-15(18)19(21)25/h2-10,17,22H,11H2,1H3,(H2,21,25)(H,23,24). The van der Waals surface area contributed by atoms with Gasteiger partial charge >= 0.3 is 0 Å². The Labute approximate surface area is 145 Å². The normalized spacial score (nSPS) is 12.1. The van der Waals surface area contributed by atoms with Crippen molar-refractivity contribution >= 4 is 22.5 Å². The van der Waals surface area contributed by atoms with Crippen molar-refractivity contribution < 1.29 is 9.18 Å². The fourth-order valence-corrected chi connectivity index (χ4v) is 2.87. The van der Waals surface area contributed by atoms with E-state index in [1.54, 1.807) is 24.4 Å².